The Morgan fingerprint density at radius 1 is 1.36 bits per heavy atom. The topological polar surface area (TPSA) is 87.7 Å². The Morgan fingerprint density at radius 2 is 2.05 bits per heavy atom. The van der Waals surface area contributed by atoms with Crippen molar-refractivity contribution in [3.8, 4) is 5.75 Å². The summed E-state index contributed by atoms with van der Waals surface area (Å²) < 4.78 is 4.95. The van der Waals surface area contributed by atoms with Gasteiger partial charge < -0.3 is 20.5 Å². The van der Waals surface area contributed by atoms with Crippen molar-refractivity contribution in [2.24, 2.45) is 5.92 Å². The number of aromatic hydroxyl groups is 1. The lowest BCUT2D eigenvalue weighted by Crippen LogP contribution is -2.44. The number of hydrogen-bond donors (Lipinski definition) is 3. The second-order valence-corrected chi connectivity index (χ2v) is 5.58. The number of carbonyl (C=O) groups is 2. The van der Waals surface area contributed by atoms with Crippen LogP contribution in [0.1, 0.15) is 27.2 Å². The number of phenolic OH excluding ortho intramolecular Hbond substituents is 1. The fraction of sp³-hybridized carbons (Fsp3) is 0.467. The Kier molecular flexibility index (Phi) is 6.98. The quantitative estimate of drug-likeness (QED) is 0.553. The molecule has 0 aliphatic carbocycles. The minimum Gasteiger partial charge on any atom is -0.504 e. The molecule has 0 bridgehead atoms. The number of urea groups is 1. The molecule has 0 heterocycles. The van der Waals surface area contributed by atoms with Crippen LogP contribution in [0.2, 0.25) is 5.02 Å². The summed E-state index contributed by atoms with van der Waals surface area (Å²) in [6.07, 6.45) is 0.452. The van der Waals surface area contributed by atoms with Crippen LogP contribution in [0.5, 0.6) is 5.75 Å². The van der Waals surface area contributed by atoms with E-state index in [9.17, 15) is 14.7 Å². The fourth-order valence-electron chi connectivity index (χ4n) is 1.86. The number of halogens is 1. The second kappa shape index (κ2) is 8.48. The van der Waals surface area contributed by atoms with Gasteiger partial charge in [0.25, 0.3) is 0 Å². The lowest BCUT2D eigenvalue weighted by molar-refractivity contribution is -0.145. The van der Waals surface area contributed by atoms with E-state index in [0.29, 0.717) is 6.42 Å². The maximum atomic E-state index is 12.0. The Balaban J connectivity index is 2.74. The van der Waals surface area contributed by atoms with Crippen molar-refractivity contribution in [1.82, 2.24) is 5.32 Å². The largest absolute Gasteiger partial charge is 0.504 e. The number of esters is 1. The van der Waals surface area contributed by atoms with Crippen LogP contribution in [0, 0.1) is 5.92 Å². The third-order valence-electron chi connectivity index (χ3n) is 2.82. The van der Waals surface area contributed by atoms with E-state index >= 15 is 0 Å². The average Bonchev–Trinajstić information content (AvgIpc) is 2.43. The molecule has 0 unspecified atom stereocenters. The van der Waals surface area contributed by atoms with Gasteiger partial charge in [0.2, 0.25) is 0 Å². The lowest BCUT2D eigenvalue weighted by Gasteiger charge is -2.19. The van der Waals surface area contributed by atoms with Gasteiger partial charge in [0, 0.05) is 0 Å². The van der Waals surface area contributed by atoms with Crippen molar-refractivity contribution in [2.75, 3.05) is 11.9 Å². The Labute approximate surface area is 134 Å². The fourth-order valence-corrected chi connectivity index (χ4v) is 2.04. The monoisotopic (exact) mass is 328 g/mol. The van der Waals surface area contributed by atoms with E-state index in [-0.39, 0.29) is 29.0 Å². The highest BCUT2D eigenvalue weighted by molar-refractivity contribution is 6.32. The molecule has 0 saturated carbocycles. The lowest BCUT2D eigenvalue weighted by atomic mass is 10.0. The van der Waals surface area contributed by atoms with Gasteiger partial charge in [-0.1, -0.05) is 31.5 Å². The molecule has 0 aliphatic rings. The average molecular weight is 329 g/mol. The van der Waals surface area contributed by atoms with E-state index in [1.54, 1.807) is 13.0 Å². The minimum atomic E-state index is -0.749. The third kappa shape index (κ3) is 5.44. The molecule has 3 N–H and O–H groups in total. The van der Waals surface area contributed by atoms with Crippen LogP contribution in [0.4, 0.5) is 10.5 Å². The number of benzene rings is 1. The van der Waals surface area contributed by atoms with Crippen LogP contribution < -0.4 is 10.6 Å². The zero-order valence-electron chi connectivity index (χ0n) is 12.9. The molecule has 1 atom stereocenters. The van der Waals surface area contributed by atoms with Gasteiger partial charge in [-0.3, -0.25) is 0 Å². The van der Waals surface area contributed by atoms with Gasteiger partial charge in [0.15, 0.2) is 5.75 Å². The van der Waals surface area contributed by atoms with Gasteiger partial charge in [-0.2, -0.15) is 0 Å². The van der Waals surface area contributed by atoms with Crippen LogP contribution in [0.25, 0.3) is 0 Å². The number of hydrogen-bond acceptors (Lipinski definition) is 4. The number of phenols is 1. The Morgan fingerprint density at radius 3 is 2.64 bits per heavy atom. The Bertz CT molecular complexity index is 534. The number of carbonyl (C=O) groups excluding carboxylic acids is 2. The molecule has 6 nitrogen and oxygen atoms in total. The molecule has 2 amide bonds. The smallest absolute Gasteiger partial charge is 0.328 e. The van der Waals surface area contributed by atoms with Crippen molar-refractivity contribution in [1.29, 1.82) is 0 Å². The van der Waals surface area contributed by atoms with Crippen LogP contribution in [0.15, 0.2) is 18.2 Å². The summed E-state index contributed by atoms with van der Waals surface area (Å²) in [6, 6.07) is 3.23. The first-order valence-corrected chi connectivity index (χ1v) is 7.44. The predicted octanol–water partition coefficient (Wildman–Crippen LogP) is 3.14. The number of anilines is 1. The van der Waals surface area contributed by atoms with Gasteiger partial charge in [0.1, 0.15) is 6.04 Å². The molecule has 122 valence electrons. The van der Waals surface area contributed by atoms with E-state index in [2.05, 4.69) is 10.6 Å². The first kappa shape index (κ1) is 18.1. The second-order valence-electron chi connectivity index (χ2n) is 5.17. The maximum Gasteiger partial charge on any atom is 0.328 e. The van der Waals surface area contributed by atoms with Gasteiger partial charge in [-0.05, 0) is 31.4 Å². The highest BCUT2D eigenvalue weighted by atomic mass is 35.5. The van der Waals surface area contributed by atoms with E-state index < -0.39 is 18.0 Å². The van der Waals surface area contributed by atoms with Crippen LogP contribution in [-0.2, 0) is 9.53 Å². The van der Waals surface area contributed by atoms with Crippen LogP contribution in [-0.4, -0.2) is 29.8 Å². The van der Waals surface area contributed by atoms with Crippen molar-refractivity contribution in [3.63, 3.8) is 0 Å². The molecule has 0 saturated heterocycles. The summed E-state index contributed by atoms with van der Waals surface area (Å²) in [5.74, 6) is -0.508. The minimum absolute atomic E-state index is 0.127. The van der Waals surface area contributed by atoms with Crippen molar-refractivity contribution >= 4 is 29.3 Å². The molecular formula is C15H21ClN2O4. The third-order valence-corrected chi connectivity index (χ3v) is 3.12. The Hall–Kier alpha value is -1.95. The highest BCUT2D eigenvalue weighted by Gasteiger charge is 2.23. The predicted molar refractivity (Wildman–Crippen MR) is 85.1 cm³/mol. The van der Waals surface area contributed by atoms with Gasteiger partial charge in [-0.25, -0.2) is 9.59 Å². The maximum absolute atomic E-state index is 12.0. The summed E-state index contributed by atoms with van der Waals surface area (Å²) >= 11 is 5.77. The van der Waals surface area contributed by atoms with Gasteiger partial charge in [-0.15, -0.1) is 0 Å². The van der Waals surface area contributed by atoms with Crippen molar-refractivity contribution in [3.05, 3.63) is 23.2 Å². The summed E-state index contributed by atoms with van der Waals surface area (Å²) in [5.41, 5.74) is 0.164. The first-order valence-electron chi connectivity index (χ1n) is 7.06. The van der Waals surface area contributed by atoms with Gasteiger partial charge >= 0.3 is 12.0 Å². The van der Waals surface area contributed by atoms with Crippen LogP contribution in [0.3, 0.4) is 0 Å². The zero-order chi connectivity index (χ0) is 16.7. The standard InChI is InChI=1S/C15H21ClN2O4/c1-4-22-14(20)12(8-9(2)3)18-15(21)17-11-7-5-6-10(16)13(11)19/h5-7,9,12,19H,4,8H2,1-3H3,(H2,17,18,21)/t12-/m0/s1. The zero-order valence-corrected chi connectivity index (χ0v) is 13.6. The normalized spacial score (nSPS) is 11.9. The van der Waals surface area contributed by atoms with E-state index in [0.717, 1.165) is 0 Å². The molecule has 7 heteroatoms. The molecule has 1 aromatic rings. The first-order chi connectivity index (χ1) is 10.3. The van der Waals surface area contributed by atoms with E-state index in [1.165, 1.54) is 12.1 Å². The highest BCUT2D eigenvalue weighted by Crippen LogP contribution is 2.30. The molecule has 0 radical (unpaired) electrons. The summed E-state index contributed by atoms with van der Waals surface area (Å²) in [4.78, 5) is 23.8. The number of ether oxygens (including phenoxy) is 1. The number of rotatable bonds is 6. The SMILES string of the molecule is CCOC(=O)[C@H](CC(C)C)NC(=O)Nc1cccc(Cl)c1O. The molecule has 0 aliphatic heterocycles. The van der Waals surface area contributed by atoms with E-state index in [1.807, 2.05) is 13.8 Å². The molecule has 22 heavy (non-hydrogen) atoms. The van der Waals surface area contributed by atoms with Crippen molar-refractivity contribution < 1.29 is 19.4 Å². The summed E-state index contributed by atoms with van der Waals surface area (Å²) in [7, 11) is 0. The van der Waals surface area contributed by atoms with Gasteiger partial charge in [0.05, 0.1) is 17.3 Å². The number of para-hydroxylation sites is 1. The van der Waals surface area contributed by atoms with Crippen LogP contribution >= 0.6 is 11.6 Å². The molecular weight excluding hydrogens is 308 g/mol. The molecule has 1 aromatic carbocycles. The number of nitrogens with one attached hydrogen (secondary N) is 2. The molecule has 1 rings (SSSR count). The number of amides is 2. The molecule has 0 aromatic heterocycles. The summed E-state index contributed by atoms with van der Waals surface area (Å²) in [5, 5.41) is 14.9. The summed E-state index contributed by atoms with van der Waals surface area (Å²) in [6.45, 7) is 5.82. The van der Waals surface area contributed by atoms with Crippen molar-refractivity contribution in [2.45, 2.75) is 33.2 Å². The molecule has 0 fully saturated rings. The van der Waals surface area contributed by atoms with E-state index in [4.69, 9.17) is 16.3 Å². The molecule has 0 spiro atoms.